The van der Waals surface area contributed by atoms with Gasteiger partial charge >= 0.3 is 0 Å². The van der Waals surface area contributed by atoms with Crippen molar-refractivity contribution in [1.82, 2.24) is 4.90 Å². The van der Waals surface area contributed by atoms with Crippen molar-refractivity contribution in [1.29, 1.82) is 0 Å². The van der Waals surface area contributed by atoms with Crippen molar-refractivity contribution >= 4 is 56.4 Å². The molecule has 1 heterocycles. The van der Waals surface area contributed by atoms with E-state index in [2.05, 4.69) is 5.32 Å². The van der Waals surface area contributed by atoms with Crippen molar-refractivity contribution in [3.05, 3.63) is 88.4 Å². The Bertz CT molecular complexity index is 1340. The second-order valence-electron chi connectivity index (χ2n) is 7.95. The minimum absolute atomic E-state index is 0.00297. The fourth-order valence-electron chi connectivity index (χ4n) is 3.75. The average molecular weight is 548 g/mol. The Kier molecular flexibility index (Phi) is 8.15. The Labute approximate surface area is 219 Å². The number of carbonyl (C=O) groups is 2. The molecule has 2 amide bonds. The molecule has 0 radical (unpaired) electrons. The number of anilines is 2. The van der Waals surface area contributed by atoms with Gasteiger partial charge in [0, 0.05) is 23.1 Å². The predicted octanol–water partition coefficient (Wildman–Crippen LogP) is 4.30. The van der Waals surface area contributed by atoms with Crippen molar-refractivity contribution in [3.8, 4) is 0 Å². The standard InChI is InChI=1S/C25H23Cl2N3O5S/c26-18-14-19(27)16-20(15-18)30(36(33,34)21-6-2-1-3-7-21)17-24(31)28-23-9-5-4-8-22(23)25(32)29-10-12-35-13-11-29/h1-9,14-16H,10-13,17H2,(H,28,31). The summed E-state index contributed by atoms with van der Waals surface area (Å²) in [6.07, 6.45) is 0. The summed E-state index contributed by atoms with van der Waals surface area (Å²) in [5, 5.41) is 3.12. The molecule has 0 aliphatic carbocycles. The van der Waals surface area contributed by atoms with Gasteiger partial charge in [-0.1, -0.05) is 53.5 Å². The Morgan fingerprint density at radius 2 is 1.53 bits per heavy atom. The molecular formula is C25H23Cl2N3O5S. The summed E-state index contributed by atoms with van der Waals surface area (Å²) in [6.45, 7) is 1.19. The molecule has 1 aliphatic heterocycles. The summed E-state index contributed by atoms with van der Waals surface area (Å²) in [5.74, 6) is -0.891. The summed E-state index contributed by atoms with van der Waals surface area (Å²) in [5.41, 5.74) is 0.709. The lowest BCUT2D eigenvalue weighted by atomic mass is 10.1. The van der Waals surface area contributed by atoms with Crippen molar-refractivity contribution < 1.29 is 22.7 Å². The first-order chi connectivity index (χ1) is 17.3. The van der Waals surface area contributed by atoms with E-state index in [1.807, 2.05) is 0 Å². The minimum atomic E-state index is -4.15. The van der Waals surface area contributed by atoms with Crippen LogP contribution >= 0.6 is 23.2 Å². The van der Waals surface area contributed by atoms with E-state index in [4.69, 9.17) is 27.9 Å². The molecule has 11 heteroatoms. The Balaban J connectivity index is 1.63. The van der Waals surface area contributed by atoms with E-state index < -0.39 is 22.5 Å². The summed E-state index contributed by atoms with van der Waals surface area (Å²) in [4.78, 5) is 27.9. The maximum Gasteiger partial charge on any atom is 0.264 e. The van der Waals surface area contributed by atoms with E-state index in [0.717, 1.165) is 4.31 Å². The van der Waals surface area contributed by atoms with Crippen molar-refractivity contribution in [3.63, 3.8) is 0 Å². The molecule has 1 aliphatic rings. The van der Waals surface area contributed by atoms with Gasteiger partial charge in [-0.15, -0.1) is 0 Å². The number of nitrogens with one attached hydrogen (secondary N) is 1. The van der Waals surface area contributed by atoms with E-state index in [1.54, 1.807) is 47.4 Å². The van der Waals surface area contributed by atoms with E-state index in [1.165, 1.54) is 30.3 Å². The molecule has 0 aromatic heterocycles. The molecule has 1 fully saturated rings. The maximum atomic E-state index is 13.5. The quantitative estimate of drug-likeness (QED) is 0.475. The highest BCUT2D eigenvalue weighted by Gasteiger charge is 2.28. The zero-order valence-electron chi connectivity index (χ0n) is 19.1. The molecule has 8 nitrogen and oxygen atoms in total. The van der Waals surface area contributed by atoms with Gasteiger partial charge in [0.05, 0.1) is 35.0 Å². The third kappa shape index (κ3) is 5.99. The maximum absolute atomic E-state index is 13.5. The fourth-order valence-corrected chi connectivity index (χ4v) is 5.69. The SMILES string of the molecule is O=C(CN(c1cc(Cl)cc(Cl)c1)S(=O)(=O)c1ccccc1)Nc1ccccc1C(=O)N1CCOCC1. The molecule has 1 N–H and O–H groups in total. The molecular weight excluding hydrogens is 525 g/mol. The minimum Gasteiger partial charge on any atom is -0.378 e. The van der Waals surface area contributed by atoms with Gasteiger partial charge in [0.15, 0.2) is 0 Å². The first-order valence-corrected chi connectivity index (χ1v) is 13.2. The second-order valence-corrected chi connectivity index (χ2v) is 10.7. The van der Waals surface area contributed by atoms with Crippen LogP contribution in [0.1, 0.15) is 10.4 Å². The highest BCUT2D eigenvalue weighted by molar-refractivity contribution is 7.92. The van der Waals surface area contributed by atoms with Crippen LogP contribution in [0.15, 0.2) is 77.7 Å². The summed E-state index contributed by atoms with van der Waals surface area (Å²) >= 11 is 12.3. The summed E-state index contributed by atoms with van der Waals surface area (Å²) in [7, 11) is -4.15. The van der Waals surface area contributed by atoms with Crippen LogP contribution in [0, 0.1) is 0 Å². The van der Waals surface area contributed by atoms with Gasteiger partial charge in [0.2, 0.25) is 5.91 Å². The molecule has 1 saturated heterocycles. The number of carbonyl (C=O) groups excluding carboxylic acids is 2. The van der Waals surface area contributed by atoms with Gasteiger partial charge in [-0.2, -0.15) is 0 Å². The first-order valence-electron chi connectivity index (χ1n) is 11.1. The monoisotopic (exact) mass is 547 g/mol. The van der Waals surface area contributed by atoms with Crippen molar-refractivity contribution in [2.75, 3.05) is 42.5 Å². The van der Waals surface area contributed by atoms with Crippen LogP contribution < -0.4 is 9.62 Å². The van der Waals surface area contributed by atoms with Gasteiger partial charge in [-0.05, 0) is 42.5 Å². The van der Waals surface area contributed by atoms with Crippen LogP contribution in [0.4, 0.5) is 11.4 Å². The molecule has 3 aromatic carbocycles. The van der Waals surface area contributed by atoms with Gasteiger partial charge in [0.25, 0.3) is 15.9 Å². The van der Waals surface area contributed by atoms with Crippen LogP contribution in [0.25, 0.3) is 0 Å². The first kappa shape index (κ1) is 26.0. The van der Waals surface area contributed by atoms with Crippen LogP contribution in [0.5, 0.6) is 0 Å². The number of nitrogens with zero attached hydrogens (tertiary/aromatic N) is 2. The van der Waals surface area contributed by atoms with Crippen LogP contribution in [-0.4, -0.2) is 58.0 Å². The lowest BCUT2D eigenvalue weighted by molar-refractivity contribution is -0.114. The van der Waals surface area contributed by atoms with Gasteiger partial charge in [-0.3, -0.25) is 13.9 Å². The van der Waals surface area contributed by atoms with Crippen molar-refractivity contribution in [2.45, 2.75) is 4.90 Å². The lowest BCUT2D eigenvalue weighted by Crippen LogP contribution is -2.41. The predicted molar refractivity (Wildman–Crippen MR) is 139 cm³/mol. The fraction of sp³-hybridized carbons (Fsp3) is 0.200. The lowest BCUT2D eigenvalue weighted by Gasteiger charge is -2.28. The van der Waals surface area contributed by atoms with E-state index in [-0.39, 0.29) is 32.2 Å². The molecule has 188 valence electrons. The van der Waals surface area contributed by atoms with E-state index >= 15 is 0 Å². The number of para-hydroxylation sites is 1. The average Bonchev–Trinajstić information content (AvgIpc) is 2.87. The van der Waals surface area contributed by atoms with E-state index in [9.17, 15) is 18.0 Å². The second kappa shape index (κ2) is 11.3. The molecule has 0 saturated carbocycles. The molecule has 3 aromatic rings. The molecule has 36 heavy (non-hydrogen) atoms. The number of ether oxygens (including phenoxy) is 1. The number of sulfonamides is 1. The normalized spacial score (nSPS) is 13.8. The third-order valence-corrected chi connectivity index (χ3v) is 7.71. The Morgan fingerprint density at radius 3 is 2.19 bits per heavy atom. The molecule has 4 rings (SSSR count). The highest BCUT2D eigenvalue weighted by atomic mass is 35.5. The van der Waals surface area contributed by atoms with Crippen molar-refractivity contribution in [2.24, 2.45) is 0 Å². The molecule has 0 bridgehead atoms. The van der Waals surface area contributed by atoms with Crippen LogP contribution in [0.3, 0.4) is 0 Å². The van der Waals surface area contributed by atoms with E-state index in [0.29, 0.717) is 31.9 Å². The number of amides is 2. The Morgan fingerprint density at radius 1 is 0.917 bits per heavy atom. The van der Waals surface area contributed by atoms with Crippen LogP contribution in [0.2, 0.25) is 10.0 Å². The summed E-state index contributed by atoms with van der Waals surface area (Å²) < 4.78 is 33.3. The number of hydrogen-bond acceptors (Lipinski definition) is 5. The summed E-state index contributed by atoms with van der Waals surface area (Å²) in [6, 6.07) is 18.6. The number of halogens is 2. The molecule has 0 unspecified atom stereocenters. The molecule has 0 atom stereocenters. The van der Waals surface area contributed by atoms with Gasteiger partial charge in [-0.25, -0.2) is 8.42 Å². The number of rotatable bonds is 7. The molecule has 0 spiro atoms. The number of hydrogen-bond donors (Lipinski definition) is 1. The smallest absolute Gasteiger partial charge is 0.264 e. The topological polar surface area (TPSA) is 96.0 Å². The third-order valence-electron chi connectivity index (χ3n) is 5.48. The largest absolute Gasteiger partial charge is 0.378 e. The number of morpholine rings is 1. The van der Waals surface area contributed by atoms with Crippen LogP contribution in [-0.2, 0) is 19.6 Å². The zero-order valence-corrected chi connectivity index (χ0v) is 21.4. The zero-order chi connectivity index (χ0) is 25.7. The number of benzene rings is 3. The van der Waals surface area contributed by atoms with Gasteiger partial charge in [0.1, 0.15) is 6.54 Å². The van der Waals surface area contributed by atoms with Gasteiger partial charge < -0.3 is 15.0 Å². The Hall–Kier alpha value is -3.11. The highest BCUT2D eigenvalue weighted by Crippen LogP contribution is 2.30.